The minimum absolute atomic E-state index is 0.123. The first-order valence-corrected chi connectivity index (χ1v) is 7.86. The third kappa shape index (κ3) is 2.17. The molecule has 0 saturated carbocycles. The van der Waals surface area contributed by atoms with E-state index in [2.05, 4.69) is 31.2 Å². The van der Waals surface area contributed by atoms with E-state index in [0.29, 0.717) is 29.2 Å². The minimum atomic E-state index is -0.123. The number of halogens is 1. The largest absolute Gasteiger partial charge is 0.279 e. The molecule has 0 aliphatic rings. The van der Waals surface area contributed by atoms with Gasteiger partial charge in [-0.05, 0) is 24.6 Å². The third-order valence-corrected chi connectivity index (χ3v) is 4.38. The van der Waals surface area contributed by atoms with E-state index in [1.54, 1.807) is 22.3 Å². The van der Waals surface area contributed by atoms with E-state index < -0.39 is 0 Å². The Hall–Kier alpha value is -2.48. The fourth-order valence-corrected chi connectivity index (χ4v) is 2.94. The molecule has 0 fully saturated rings. The van der Waals surface area contributed by atoms with Crippen LogP contribution < -0.4 is 5.56 Å². The van der Waals surface area contributed by atoms with Crippen LogP contribution >= 0.6 is 15.9 Å². The van der Waals surface area contributed by atoms with Crippen LogP contribution in [0.5, 0.6) is 0 Å². The highest BCUT2D eigenvalue weighted by Gasteiger charge is 2.15. The number of aromatic nitrogens is 6. The van der Waals surface area contributed by atoms with E-state index in [4.69, 9.17) is 0 Å². The second-order valence-electron chi connectivity index (χ2n) is 5.44. The highest BCUT2D eigenvalue weighted by atomic mass is 79.9. The Bertz CT molecular complexity index is 1090. The van der Waals surface area contributed by atoms with Crippen molar-refractivity contribution < 1.29 is 0 Å². The SMILES string of the molecule is Cc1nnc2n(C)c(=O)c3cn(Cc4ccc(Br)cc4)nc3n12. The Kier molecular flexibility index (Phi) is 3.08. The lowest BCUT2D eigenvalue weighted by Gasteiger charge is -2.02. The maximum absolute atomic E-state index is 12.5. The van der Waals surface area contributed by atoms with Crippen molar-refractivity contribution in [2.45, 2.75) is 13.5 Å². The lowest BCUT2D eigenvalue weighted by atomic mass is 10.2. The summed E-state index contributed by atoms with van der Waals surface area (Å²) in [4.78, 5) is 12.5. The summed E-state index contributed by atoms with van der Waals surface area (Å²) in [5.74, 6) is 1.20. The van der Waals surface area contributed by atoms with Gasteiger partial charge >= 0.3 is 0 Å². The Morgan fingerprint density at radius 3 is 2.65 bits per heavy atom. The summed E-state index contributed by atoms with van der Waals surface area (Å²) in [5.41, 5.74) is 1.57. The normalized spacial score (nSPS) is 11.6. The van der Waals surface area contributed by atoms with Gasteiger partial charge in [0.2, 0.25) is 5.78 Å². The number of rotatable bonds is 2. The predicted octanol–water partition coefficient (Wildman–Crippen LogP) is 1.90. The van der Waals surface area contributed by atoms with Gasteiger partial charge in [-0.25, -0.2) is 4.40 Å². The van der Waals surface area contributed by atoms with E-state index in [9.17, 15) is 4.79 Å². The number of hydrogen-bond acceptors (Lipinski definition) is 4. The van der Waals surface area contributed by atoms with Crippen molar-refractivity contribution in [1.29, 1.82) is 0 Å². The summed E-state index contributed by atoms with van der Waals surface area (Å²) in [6, 6.07) is 8.02. The Labute approximate surface area is 139 Å². The van der Waals surface area contributed by atoms with Crippen LogP contribution in [0.25, 0.3) is 16.8 Å². The van der Waals surface area contributed by atoms with Gasteiger partial charge in [-0.3, -0.25) is 14.0 Å². The Morgan fingerprint density at radius 1 is 1.17 bits per heavy atom. The molecule has 0 atom stereocenters. The zero-order valence-corrected chi connectivity index (χ0v) is 14.1. The molecular weight excluding hydrogens is 360 g/mol. The van der Waals surface area contributed by atoms with Crippen LogP contribution in [0.3, 0.4) is 0 Å². The zero-order valence-electron chi connectivity index (χ0n) is 12.6. The van der Waals surface area contributed by atoms with Gasteiger partial charge in [0.1, 0.15) is 11.2 Å². The molecule has 4 rings (SSSR count). The van der Waals surface area contributed by atoms with Crippen molar-refractivity contribution in [1.82, 2.24) is 28.9 Å². The summed E-state index contributed by atoms with van der Waals surface area (Å²) in [5, 5.41) is 13.2. The van der Waals surface area contributed by atoms with Crippen LogP contribution in [0.2, 0.25) is 0 Å². The number of aryl methyl sites for hydroxylation is 2. The van der Waals surface area contributed by atoms with Crippen molar-refractivity contribution in [2.75, 3.05) is 0 Å². The molecule has 23 heavy (non-hydrogen) atoms. The second kappa shape index (κ2) is 5.02. The molecule has 1 aromatic carbocycles. The van der Waals surface area contributed by atoms with Gasteiger partial charge in [-0.1, -0.05) is 28.1 Å². The molecule has 4 aromatic rings. The zero-order chi connectivity index (χ0) is 16.1. The first-order chi connectivity index (χ1) is 11.0. The van der Waals surface area contributed by atoms with Crippen molar-refractivity contribution >= 4 is 32.7 Å². The van der Waals surface area contributed by atoms with Gasteiger partial charge in [0, 0.05) is 17.7 Å². The molecule has 0 radical (unpaired) electrons. The van der Waals surface area contributed by atoms with E-state index in [0.717, 1.165) is 10.0 Å². The van der Waals surface area contributed by atoms with Crippen molar-refractivity contribution in [2.24, 2.45) is 7.05 Å². The minimum Gasteiger partial charge on any atom is -0.279 e. The van der Waals surface area contributed by atoms with Gasteiger partial charge in [0.25, 0.3) is 5.56 Å². The summed E-state index contributed by atoms with van der Waals surface area (Å²) in [6.07, 6.45) is 1.78. The topological polar surface area (TPSA) is 70.0 Å². The van der Waals surface area contributed by atoms with E-state index in [1.165, 1.54) is 4.57 Å². The number of fused-ring (bicyclic) bond motifs is 3. The molecule has 0 unspecified atom stereocenters. The van der Waals surface area contributed by atoms with Crippen LogP contribution in [-0.2, 0) is 13.6 Å². The lowest BCUT2D eigenvalue weighted by molar-refractivity contribution is 0.691. The fraction of sp³-hybridized carbons (Fsp3) is 0.200. The third-order valence-electron chi connectivity index (χ3n) is 3.85. The average Bonchev–Trinajstić information content (AvgIpc) is 3.11. The number of nitrogens with zero attached hydrogens (tertiary/aromatic N) is 6. The molecule has 0 saturated heterocycles. The van der Waals surface area contributed by atoms with Crippen LogP contribution in [0.4, 0.5) is 0 Å². The van der Waals surface area contributed by atoms with Gasteiger partial charge in [0.15, 0.2) is 5.65 Å². The van der Waals surface area contributed by atoms with Gasteiger partial charge in [-0.15, -0.1) is 10.2 Å². The summed E-state index contributed by atoms with van der Waals surface area (Å²) in [7, 11) is 1.69. The molecule has 0 aliphatic heterocycles. The van der Waals surface area contributed by atoms with Crippen molar-refractivity contribution in [3.8, 4) is 0 Å². The molecule has 3 heterocycles. The maximum atomic E-state index is 12.5. The highest BCUT2D eigenvalue weighted by molar-refractivity contribution is 9.10. The average molecular weight is 373 g/mol. The molecular formula is C15H13BrN6O. The quantitative estimate of drug-likeness (QED) is 0.538. The maximum Gasteiger partial charge on any atom is 0.265 e. The molecule has 7 nitrogen and oxygen atoms in total. The number of benzene rings is 1. The molecule has 3 aromatic heterocycles. The van der Waals surface area contributed by atoms with Gasteiger partial charge in [0.05, 0.1) is 6.54 Å². The van der Waals surface area contributed by atoms with Crippen LogP contribution in [0.1, 0.15) is 11.4 Å². The fourth-order valence-electron chi connectivity index (χ4n) is 2.67. The number of hydrogen-bond donors (Lipinski definition) is 0. The second-order valence-corrected chi connectivity index (χ2v) is 6.35. The molecule has 116 valence electrons. The predicted molar refractivity (Wildman–Crippen MR) is 89.5 cm³/mol. The monoisotopic (exact) mass is 372 g/mol. The van der Waals surface area contributed by atoms with E-state index in [1.807, 2.05) is 31.2 Å². The van der Waals surface area contributed by atoms with Crippen LogP contribution in [-0.4, -0.2) is 28.9 Å². The molecule has 0 amide bonds. The first kappa shape index (κ1) is 14.1. The molecule has 0 spiro atoms. The van der Waals surface area contributed by atoms with E-state index in [-0.39, 0.29) is 5.56 Å². The highest BCUT2D eigenvalue weighted by Crippen LogP contribution is 2.15. The summed E-state index contributed by atoms with van der Waals surface area (Å²) < 4.78 is 6.10. The molecule has 0 aliphatic carbocycles. The standard InChI is InChI=1S/C15H13BrN6O/c1-9-17-18-15-20(2)14(23)12-8-21(19-13(12)22(9)15)7-10-3-5-11(16)6-4-10/h3-6,8H,7H2,1-2H3. The van der Waals surface area contributed by atoms with Crippen molar-refractivity contribution in [3.63, 3.8) is 0 Å². The van der Waals surface area contributed by atoms with Crippen molar-refractivity contribution in [3.05, 3.63) is 56.7 Å². The Balaban J connectivity index is 1.92. The van der Waals surface area contributed by atoms with Crippen LogP contribution in [0.15, 0.2) is 39.7 Å². The van der Waals surface area contributed by atoms with Gasteiger partial charge < -0.3 is 0 Å². The summed E-state index contributed by atoms with van der Waals surface area (Å²) in [6.45, 7) is 2.44. The first-order valence-electron chi connectivity index (χ1n) is 7.07. The molecule has 0 N–H and O–H groups in total. The lowest BCUT2D eigenvalue weighted by Crippen LogP contribution is -2.19. The summed E-state index contributed by atoms with van der Waals surface area (Å²) >= 11 is 3.42. The van der Waals surface area contributed by atoms with Crippen LogP contribution in [0, 0.1) is 6.92 Å². The van der Waals surface area contributed by atoms with E-state index >= 15 is 0 Å². The van der Waals surface area contributed by atoms with Gasteiger partial charge in [-0.2, -0.15) is 5.10 Å². The Morgan fingerprint density at radius 2 is 1.91 bits per heavy atom. The smallest absolute Gasteiger partial charge is 0.265 e. The molecule has 0 bridgehead atoms. The molecule has 8 heteroatoms.